The Morgan fingerprint density at radius 2 is 1.42 bits per heavy atom. The van der Waals surface area contributed by atoms with Crippen LogP contribution in [-0.2, 0) is 20.3 Å². The fraction of sp³-hybridized carbons (Fsp3) is 0.182. The largest absolute Gasteiger partial charge is 0.488 e. The third-order valence-corrected chi connectivity index (χ3v) is 6.60. The smallest absolute Gasteiger partial charge is 0.259 e. The monoisotopic (exact) mass is 504 g/mol. The summed E-state index contributed by atoms with van der Waals surface area (Å²) in [6.07, 6.45) is 1.99. The van der Waals surface area contributed by atoms with Crippen molar-refractivity contribution < 1.29 is 14.3 Å². The van der Waals surface area contributed by atoms with Crippen LogP contribution in [0.25, 0.3) is 10.9 Å². The number of aryl methyl sites for hydroxylation is 1. The molecule has 0 bridgehead atoms. The molecule has 0 unspecified atom stereocenters. The highest BCUT2D eigenvalue weighted by atomic mass is 16.5. The van der Waals surface area contributed by atoms with Crippen LogP contribution in [-0.4, -0.2) is 10.5 Å². The average Bonchev–Trinajstić information content (AvgIpc) is 3.33. The van der Waals surface area contributed by atoms with Crippen LogP contribution in [0.3, 0.4) is 0 Å². The minimum absolute atomic E-state index is 0.145. The maximum Gasteiger partial charge on any atom is 0.259 e. The zero-order chi connectivity index (χ0) is 26.5. The first-order valence-corrected chi connectivity index (χ1v) is 12.9. The molecule has 0 saturated heterocycles. The number of hydrogen-bond donors (Lipinski definition) is 1. The summed E-state index contributed by atoms with van der Waals surface area (Å²) in [5.74, 6) is 1.12. The Morgan fingerprint density at radius 3 is 2.05 bits per heavy atom. The molecule has 1 amide bonds. The van der Waals surface area contributed by atoms with Crippen molar-refractivity contribution in [2.75, 3.05) is 5.32 Å². The summed E-state index contributed by atoms with van der Waals surface area (Å²) in [7, 11) is 1.97. The lowest BCUT2D eigenvalue weighted by Gasteiger charge is -2.20. The molecule has 5 nitrogen and oxygen atoms in total. The highest BCUT2D eigenvalue weighted by molar-refractivity contribution is 6.10. The second kappa shape index (κ2) is 11.3. The Kier molecular flexibility index (Phi) is 7.45. The van der Waals surface area contributed by atoms with E-state index in [-0.39, 0.29) is 11.8 Å². The van der Waals surface area contributed by atoms with Crippen LogP contribution >= 0.6 is 0 Å². The van der Waals surface area contributed by atoms with E-state index in [1.807, 2.05) is 115 Å². The fourth-order valence-electron chi connectivity index (χ4n) is 4.57. The van der Waals surface area contributed by atoms with Crippen LogP contribution in [0.2, 0.25) is 0 Å². The third kappa shape index (κ3) is 5.57. The summed E-state index contributed by atoms with van der Waals surface area (Å²) >= 11 is 0. The van der Waals surface area contributed by atoms with Gasteiger partial charge in [0.1, 0.15) is 24.7 Å². The van der Waals surface area contributed by atoms with E-state index in [0.29, 0.717) is 30.3 Å². The second-order valence-electron chi connectivity index (χ2n) is 9.71. The van der Waals surface area contributed by atoms with E-state index in [2.05, 4.69) is 19.2 Å². The number of nitrogens with zero attached hydrogens (tertiary/aromatic N) is 1. The molecule has 1 N–H and O–H groups in total. The van der Waals surface area contributed by atoms with Crippen molar-refractivity contribution >= 4 is 22.5 Å². The molecule has 1 aromatic heterocycles. The number of anilines is 1. The van der Waals surface area contributed by atoms with Crippen molar-refractivity contribution in [3.63, 3.8) is 0 Å². The summed E-state index contributed by atoms with van der Waals surface area (Å²) < 4.78 is 14.5. The molecular weight excluding hydrogens is 472 g/mol. The van der Waals surface area contributed by atoms with Crippen molar-refractivity contribution in [2.45, 2.75) is 33.0 Å². The molecule has 0 fully saturated rings. The first-order chi connectivity index (χ1) is 18.5. The van der Waals surface area contributed by atoms with Crippen molar-refractivity contribution in [1.82, 2.24) is 4.57 Å². The normalized spacial score (nSPS) is 11.1. The summed E-state index contributed by atoms with van der Waals surface area (Å²) in [5.41, 5.74) is 5.25. The Balaban J connectivity index is 1.51. The third-order valence-electron chi connectivity index (χ3n) is 6.60. The second-order valence-corrected chi connectivity index (χ2v) is 9.71. The van der Waals surface area contributed by atoms with Gasteiger partial charge in [0.05, 0.1) is 16.8 Å². The minimum Gasteiger partial charge on any atom is -0.488 e. The van der Waals surface area contributed by atoms with Gasteiger partial charge in [0.25, 0.3) is 5.91 Å². The number of carbonyl (C=O) groups is 1. The van der Waals surface area contributed by atoms with Gasteiger partial charge >= 0.3 is 0 Å². The van der Waals surface area contributed by atoms with E-state index in [4.69, 9.17) is 9.47 Å². The molecule has 38 heavy (non-hydrogen) atoms. The average molecular weight is 505 g/mol. The number of ether oxygens (including phenoxy) is 2. The van der Waals surface area contributed by atoms with E-state index in [9.17, 15) is 4.79 Å². The highest BCUT2D eigenvalue weighted by Gasteiger charge is 2.21. The molecule has 0 aliphatic carbocycles. The van der Waals surface area contributed by atoms with Crippen molar-refractivity contribution in [1.29, 1.82) is 0 Å². The van der Waals surface area contributed by atoms with Crippen LogP contribution in [0.4, 0.5) is 5.69 Å². The number of rotatable bonds is 9. The molecule has 4 aromatic carbocycles. The molecule has 192 valence electrons. The summed E-state index contributed by atoms with van der Waals surface area (Å²) in [5, 5.41) is 4.20. The van der Waals surface area contributed by atoms with Gasteiger partial charge in [0.15, 0.2) is 0 Å². The van der Waals surface area contributed by atoms with Gasteiger partial charge in [-0.15, -0.1) is 0 Å². The van der Waals surface area contributed by atoms with E-state index < -0.39 is 0 Å². The van der Waals surface area contributed by atoms with Gasteiger partial charge < -0.3 is 19.4 Å². The number of aromatic nitrogens is 1. The minimum atomic E-state index is -0.224. The lowest BCUT2D eigenvalue weighted by atomic mass is 9.98. The molecule has 5 rings (SSSR count). The highest BCUT2D eigenvalue weighted by Crippen LogP contribution is 2.36. The number of hydrogen-bond acceptors (Lipinski definition) is 3. The van der Waals surface area contributed by atoms with Crippen LogP contribution in [0.15, 0.2) is 103 Å². The number of carbonyl (C=O) groups excluding carboxylic acids is 1. The standard InChI is InChI=1S/C33H32N2O3/c1-23(2)27-19-28(33(36)34-29-16-10-15-26-17-18-35(3)32(26)29)31(38-22-25-13-8-5-9-14-25)20-30(27)37-21-24-11-6-4-7-12-24/h4-20,23H,21-22H2,1-3H3,(H,34,36). The van der Waals surface area contributed by atoms with Crippen LogP contribution in [0.1, 0.15) is 46.8 Å². The van der Waals surface area contributed by atoms with Gasteiger partial charge in [-0.3, -0.25) is 4.79 Å². The van der Waals surface area contributed by atoms with Crippen molar-refractivity contribution in [3.05, 3.63) is 126 Å². The van der Waals surface area contributed by atoms with E-state index >= 15 is 0 Å². The van der Waals surface area contributed by atoms with E-state index in [0.717, 1.165) is 33.3 Å². The van der Waals surface area contributed by atoms with Crippen LogP contribution < -0.4 is 14.8 Å². The Hall–Kier alpha value is -4.51. The quantitative estimate of drug-likeness (QED) is 0.224. The van der Waals surface area contributed by atoms with Gasteiger partial charge in [0, 0.05) is 24.7 Å². The van der Waals surface area contributed by atoms with Crippen LogP contribution in [0, 0.1) is 0 Å². The number of nitrogens with one attached hydrogen (secondary N) is 1. The molecule has 5 aromatic rings. The fourth-order valence-corrected chi connectivity index (χ4v) is 4.57. The lowest BCUT2D eigenvalue weighted by Crippen LogP contribution is -2.16. The Morgan fingerprint density at radius 1 is 0.789 bits per heavy atom. The summed E-state index contributed by atoms with van der Waals surface area (Å²) in [6, 6.07) is 31.7. The van der Waals surface area contributed by atoms with Crippen LogP contribution in [0.5, 0.6) is 11.5 Å². The molecule has 5 heteroatoms. The Labute approximate surface area is 223 Å². The lowest BCUT2D eigenvalue weighted by molar-refractivity contribution is 0.102. The summed E-state index contributed by atoms with van der Waals surface area (Å²) in [6.45, 7) is 4.97. The summed E-state index contributed by atoms with van der Waals surface area (Å²) in [4.78, 5) is 13.7. The number of para-hydroxylation sites is 1. The zero-order valence-corrected chi connectivity index (χ0v) is 22.0. The van der Waals surface area contributed by atoms with Crippen molar-refractivity contribution in [2.24, 2.45) is 7.05 Å². The molecule has 1 heterocycles. The number of fused-ring (bicyclic) bond motifs is 1. The van der Waals surface area contributed by atoms with Gasteiger partial charge in [-0.2, -0.15) is 0 Å². The van der Waals surface area contributed by atoms with Gasteiger partial charge in [-0.05, 0) is 40.8 Å². The maximum absolute atomic E-state index is 13.7. The molecular formula is C33H32N2O3. The van der Waals surface area contributed by atoms with Gasteiger partial charge in [0.2, 0.25) is 0 Å². The number of benzene rings is 4. The van der Waals surface area contributed by atoms with Crippen molar-refractivity contribution in [3.8, 4) is 11.5 Å². The predicted molar refractivity (Wildman–Crippen MR) is 153 cm³/mol. The first-order valence-electron chi connectivity index (χ1n) is 12.9. The Bertz CT molecular complexity index is 1540. The predicted octanol–water partition coefficient (Wildman–Crippen LogP) is 7.71. The zero-order valence-electron chi connectivity index (χ0n) is 22.0. The van der Waals surface area contributed by atoms with E-state index in [1.165, 1.54) is 0 Å². The molecule has 0 spiro atoms. The molecule has 0 aliphatic heterocycles. The van der Waals surface area contributed by atoms with Gasteiger partial charge in [-0.25, -0.2) is 0 Å². The molecule has 0 atom stereocenters. The SMILES string of the molecule is CC(C)c1cc(C(=O)Nc2cccc3ccn(C)c23)c(OCc2ccccc2)cc1OCc1ccccc1. The van der Waals surface area contributed by atoms with E-state index in [1.54, 1.807) is 0 Å². The number of amides is 1. The maximum atomic E-state index is 13.7. The van der Waals surface area contributed by atoms with Gasteiger partial charge in [-0.1, -0.05) is 86.6 Å². The molecule has 0 aliphatic rings. The molecule has 0 radical (unpaired) electrons. The first kappa shape index (κ1) is 25.2. The molecule has 0 saturated carbocycles. The topological polar surface area (TPSA) is 52.5 Å².